The van der Waals surface area contributed by atoms with Gasteiger partial charge in [-0.05, 0) is 25.5 Å². The molecule has 0 spiro atoms. The van der Waals surface area contributed by atoms with Gasteiger partial charge >= 0.3 is 0 Å². The second-order valence-electron chi connectivity index (χ2n) is 5.58. The van der Waals surface area contributed by atoms with Crippen LogP contribution >= 0.6 is 0 Å². The van der Waals surface area contributed by atoms with E-state index in [0.717, 1.165) is 17.1 Å². The van der Waals surface area contributed by atoms with Crippen LogP contribution in [0.3, 0.4) is 0 Å². The number of rotatable bonds is 6. The van der Waals surface area contributed by atoms with Crippen molar-refractivity contribution in [3.05, 3.63) is 47.2 Å². The van der Waals surface area contributed by atoms with E-state index >= 15 is 0 Å². The first-order valence-corrected chi connectivity index (χ1v) is 7.58. The summed E-state index contributed by atoms with van der Waals surface area (Å²) in [5, 5.41) is 6.03. The molecule has 0 aliphatic carbocycles. The molecule has 0 aliphatic rings. The predicted octanol–water partition coefficient (Wildman–Crippen LogP) is 2.00. The number of aryl methyl sites for hydroxylation is 2. The molecule has 2 aromatic rings. The quantitative estimate of drug-likeness (QED) is 0.798. The molecule has 0 unspecified atom stereocenters. The molecule has 6 heteroatoms. The lowest BCUT2D eigenvalue weighted by molar-refractivity contribution is 0.0954. The Labute approximate surface area is 137 Å². The van der Waals surface area contributed by atoms with Crippen LogP contribution in [-0.2, 0) is 0 Å². The van der Waals surface area contributed by atoms with E-state index < -0.39 is 0 Å². The molecule has 0 radical (unpaired) electrons. The van der Waals surface area contributed by atoms with E-state index in [4.69, 9.17) is 0 Å². The van der Waals surface area contributed by atoms with Crippen LogP contribution in [0.1, 0.15) is 21.6 Å². The third-order valence-electron chi connectivity index (χ3n) is 3.38. The molecule has 0 fully saturated rings. The van der Waals surface area contributed by atoms with Gasteiger partial charge in [-0.25, -0.2) is 4.98 Å². The average Bonchev–Trinajstić information content (AvgIpc) is 2.51. The normalized spacial score (nSPS) is 10.3. The molecule has 122 valence electrons. The van der Waals surface area contributed by atoms with E-state index in [9.17, 15) is 4.79 Å². The van der Waals surface area contributed by atoms with Crippen LogP contribution in [0.15, 0.2) is 30.3 Å². The number of nitrogens with one attached hydrogen (secondary N) is 2. The van der Waals surface area contributed by atoms with E-state index in [2.05, 4.69) is 20.6 Å². The minimum atomic E-state index is -0.0657. The lowest BCUT2D eigenvalue weighted by atomic mass is 10.1. The average molecular weight is 313 g/mol. The van der Waals surface area contributed by atoms with Gasteiger partial charge in [0.25, 0.3) is 5.91 Å². The molecular weight excluding hydrogens is 290 g/mol. The highest BCUT2D eigenvalue weighted by atomic mass is 16.1. The molecule has 1 amide bonds. The van der Waals surface area contributed by atoms with Crippen molar-refractivity contribution in [1.82, 2.24) is 15.3 Å². The van der Waals surface area contributed by atoms with Crippen molar-refractivity contribution in [1.29, 1.82) is 0 Å². The van der Waals surface area contributed by atoms with Gasteiger partial charge in [0.1, 0.15) is 5.82 Å². The van der Waals surface area contributed by atoms with Crippen LogP contribution in [0.2, 0.25) is 0 Å². The highest BCUT2D eigenvalue weighted by Gasteiger charge is 2.07. The summed E-state index contributed by atoms with van der Waals surface area (Å²) in [4.78, 5) is 22.8. The lowest BCUT2D eigenvalue weighted by Gasteiger charge is -2.14. The molecule has 0 atom stereocenters. The zero-order valence-corrected chi connectivity index (χ0v) is 14.1. The lowest BCUT2D eigenvalue weighted by Crippen LogP contribution is -2.29. The Kier molecular flexibility index (Phi) is 5.51. The highest BCUT2D eigenvalue weighted by molar-refractivity contribution is 5.95. The topological polar surface area (TPSA) is 70.2 Å². The van der Waals surface area contributed by atoms with E-state index in [0.29, 0.717) is 24.6 Å². The molecule has 0 saturated carbocycles. The number of benzene rings is 1. The maximum Gasteiger partial charge on any atom is 0.251 e. The number of carbonyl (C=O) groups is 1. The molecule has 0 saturated heterocycles. The first-order chi connectivity index (χ1) is 11.0. The monoisotopic (exact) mass is 313 g/mol. The van der Waals surface area contributed by atoms with Gasteiger partial charge < -0.3 is 15.5 Å². The van der Waals surface area contributed by atoms with Crippen LogP contribution < -0.4 is 15.5 Å². The summed E-state index contributed by atoms with van der Waals surface area (Å²) in [5.74, 6) is 1.35. The summed E-state index contributed by atoms with van der Waals surface area (Å²) in [6.45, 7) is 4.92. The Hall–Kier alpha value is -2.63. The van der Waals surface area contributed by atoms with Crippen LogP contribution in [-0.4, -0.2) is 43.1 Å². The maximum absolute atomic E-state index is 12.1. The standard InChI is InChI=1S/C17H23N5O/c1-12-7-5-6-8-14(12)16(23)18-9-10-19-17-20-13(2)11-15(21-17)22(3)4/h5-8,11H,9-10H2,1-4H3,(H,18,23)(H,19,20,21). The van der Waals surface area contributed by atoms with Gasteiger partial charge in [0, 0.05) is 44.5 Å². The van der Waals surface area contributed by atoms with E-state index in [1.807, 2.05) is 63.2 Å². The summed E-state index contributed by atoms with van der Waals surface area (Å²) >= 11 is 0. The summed E-state index contributed by atoms with van der Waals surface area (Å²) in [7, 11) is 3.88. The number of aromatic nitrogens is 2. The van der Waals surface area contributed by atoms with Crippen molar-refractivity contribution in [3.8, 4) is 0 Å². The Morgan fingerprint density at radius 3 is 2.57 bits per heavy atom. The third kappa shape index (κ3) is 4.67. The Morgan fingerprint density at radius 1 is 1.13 bits per heavy atom. The van der Waals surface area contributed by atoms with Crippen LogP contribution in [0.4, 0.5) is 11.8 Å². The van der Waals surface area contributed by atoms with E-state index in [-0.39, 0.29) is 5.91 Å². The zero-order valence-electron chi connectivity index (χ0n) is 14.1. The van der Waals surface area contributed by atoms with Gasteiger partial charge in [0.2, 0.25) is 5.95 Å². The predicted molar refractivity (Wildman–Crippen MR) is 93.1 cm³/mol. The fraction of sp³-hybridized carbons (Fsp3) is 0.353. The summed E-state index contributed by atoms with van der Waals surface area (Å²) < 4.78 is 0. The molecule has 0 bridgehead atoms. The van der Waals surface area contributed by atoms with Crippen molar-refractivity contribution in [2.24, 2.45) is 0 Å². The number of hydrogen-bond acceptors (Lipinski definition) is 5. The fourth-order valence-electron chi connectivity index (χ4n) is 2.13. The van der Waals surface area contributed by atoms with Gasteiger partial charge in [-0.2, -0.15) is 4.98 Å². The third-order valence-corrected chi connectivity index (χ3v) is 3.38. The summed E-state index contributed by atoms with van der Waals surface area (Å²) in [6.07, 6.45) is 0. The molecule has 2 rings (SSSR count). The van der Waals surface area contributed by atoms with Gasteiger partial charge in [-0.3, -0.25) is 4.79 Å². The van der Waals surface area contributed by atoms with Gasteiger partial charge in [0.05, 0.1) is 0 Å². The molecule has 0 aliphatic heterocycles. The number of amides is 1. The maximum atomic E-state index is 12.1. The van der Waals surface area contributed by atoms with Crippen molar-refractivity contribution in [2.75, 3.05) is 37.4 Å². The molecule has 1 aromatic carbocycles. The number of anilines is 2. The molecule has 1 heterocycles. The van der Waals surface area contributed by atoms with Gasteiger partial charge in [-0.15, -0.1) is 0 Å². The van der Waals surface area contributed by atoms with Crippen LogP contribution in [0.5, 0.6) is 0 Å². The van der Waals surface area contributed by atoms with E-state index in [1.165, 1.54) is 0 Å². The SMILES string of the molecule is Cc1cc(N(C)C)nc(NCCNC(=O)c2ccccc2C)n1. The van der Waals surface area contributed by atoms with Crippen LogP contribution in [0.25, 0.3) is 0 Å². The summed E-state index contributed by atoms with van der Waals surface area (Å²) in [5.41, 5.74) is 2.57. The van der Waals surface area contributed by atoms with Gasteiger partial charge in [0.15, 0.2) is 0 Å². The van der Waals surface area contributed by atoms with Gasteiger partial charge in [-0.1, -0.05) is 18.2 Å². The number of hydrogen-bond donors (Lipinski definition) is 2. The smallest absolute Gasteiger partial charge is 0.251 e. The minimum Gasteiger partial charge on any atom is -0.363 e. The summed E-state index contributed by atoms with van der Waals surface area (Å²) in [6, 6.07) is 9.46. The Balaban J connectivity index is 1.86. The minimum absolute atomic E-state index is 0.0657. The van der Waals surface area contributed by atoms with Crippen LogP contribution in [0, 0.1) is 13.8 Å². The first kappa shape index (κ1) is 16.7. The van der Waals surface area contributed by atoms with Crippen molar-refractivity contribution >= 4 is 17.7 Å². The molecule has 6 nitrogen and oxygen atoms in total. The van der Waals surface area contributed by atoms with Crippen molar-refractivity contribution in [2.45, 2.75) is 13.8 Å². The zero-order chi connectivity index (χ0) is 16.8. The van der Waals surface area contributed by atoms with Crippen molar-refractivity contribution < 1.29 is 4.79 Å². The highest BCUT2D eigenvalue weighted by Crippen LogP contribution is 2.11. The molecule has 23 heavy (non-hydrogen) atoms. The Morgan fingerprint density at radius 2 is 1.87 bits per heavy atom. The van der Waals surface area contributed by atoms with E-state index in [1.54, 1.807) is 0 Å². The number of nitrogens with zero attached hydrogens (tertiary/aromatic N) is 3. The second-order valence-corrected chi connectivity index (χ2v) is 5.58. The largest absolute Gasteiger partial charge is 0.363 e. The van der Waals surface area contributed by atoms with Crippen molar-refractivity contribution in [3.63, 3.8) is 0 Å². The molecule has 2 N–H and O–H groups in total. The first-order valence-electron chi connectivity index (χ1n) is 7.58. The molecule has 1 aromatic heterocycles. The second kappa shape index (κ2) is 7.58. The fourth-order valence-corrected chi connectivity index (χ4v) is 2.13. The number of carbonyl (C=O) groups excluding carboxylic acids is 1. The Bertz CT molecular complexity index is 684. The molecular formula is C17H23N5O.